The zero-order valence-electron chi connectivity index (χ0n) is 14.2. The molecule has 0 aliphatic rings. The van der Waals surface area contributed by atoms with Gasteiger partial charge in [-0.3, -0.25) is 14.8 Å². The molecule has 0 fully saturated rings. The van der Waals surface area contributed by atoms with E-state index >= 15 is 0 Å². The van der Waals surface area contributed by atoms with Crippen LogP contribution in [-0.4, -0.2) is 17.0 Å². The fourth-order valence-corrected chi connectivity index (χ4v) is 2.81. The molecule has 0 bridgehead atoms. The topological polar surface area (TPSA) is 78.4 Å². The fraction of sp³-hybridized carbons (Fsp3) is 0.0476. The number of rotatable bonds is 5. The number of hydroxylamine groups is 1. The van der Waals surface area contributed by atoms with Gasteiger partial charge in [-0.05, 0) is 35.4 Å². The van der Waals surface area contributed by atoms with Gasteiger partial charge in [-0.1, -0.05) is 54.6 Å². The quantitative estimate of drug-likeness (QED) is 0.477. The van der Waals surface area contributed by atoms with Crippen molar-refractivity contribution in [1.29, 1.82) is 0 Å². The van der Waals surface area contributed by atoms with E-state index in [1.165, 1.54) is 18.2 Å². The van der Waals surface area contributed by atoms with Gasteiger partial charge in [0.15, 0.2) is 0 Å². The molecule has 3 N–H and O–H groups in total. The lowest BCUT2D eigenvalue weighted by molar-refractivity contribution is -0.129. The van der Waals surface area contributed by atoms with Crippen LogP contribution in [0.1, 0.15) is 27.4 Å². The third-order valence-corrected chi connectivity index (χ3v) is 4.13. The molecule has 2 amide bonds. The summed E-state index contributed by atoms with van der Waals surface area (Å²) in [6.07, 6.45) is 0. The summed E-state index contributed by atoms with van der Waals surface area (Å²) in [6.45, 7) is 0. The smallest absolute Gasteiger partial charge is 0.258 e. The minimum atomic E-state index is -0.701. The van der Waals surface area contributed by atoms with Crippen LogP contribution in [0.25, 0.3) is 0 Å². The molecule has 0 aromatic heterocycles. The van der Waals surface area contributed by atoms with E-state index in [9.17, 15) is 14.0 Å². The molecule has 136 valence electrons. The molecule has 0 radical (unpaired) electrons. The second-order valence-corrected chi connectivity index (χ2v) is 5.88. The molecule has 3 aromatic carbocycles. The highest BCUT2D eigenvalue weighted by molar-refractivity contribution is 6.04. The van der Waals surface area contributed by atoms with Gasteiger partial charge in [0.05, 0.1) is 11.5 Å². The van der Waals surface area contributed by atoms with Crippen molar-refractivity contribution in [2.24, 2.45) is 0 Å². The Kier molecular flexibility index (Phi) is 5.58. The second-order valence-electron chi connectivity index (χ2n) is 5.88. The van der Waals surface area contributed by atoms with Gasteiger partial charge in [0.1, 0.15) is 5.82 Å². The van der Waals surface area contributed by atoms with Crippen molar-refractivity contribution < 1.29 is 19.2 Å². The highest BCUT2D eigenvalue weighted by Crippen LogP contribution is 2.26. The van der Waals surface area contributed by atoms with Crippen molar-refractivity contribution in [3.05, 3.63) is 101 Å². The zero-order chi connectivity index (χ0) is 19.2. The number of amides is 2. The van der Waals surface area contributed by atoms with Crippen LogP contribution in [0.15, 0.2) is 78.9 Å². The van der Waals surface area contributed by atoms with Crippen LogP contribution in [0, 0.1) is 5.82 Å². The molecule has 0 aliphatic carbocycles. The lowest BCUT2D eigenvalue weighted by Gasteiger charge is -2.16. The largest absolute Gasteiger partial charge is 0.322 e. The van der Waals surface area contributed by atoms with Crippen molar-refractivity contribution in [2.45, 2.75) is 5.92 Å². The molecule has 0 aliphatic heterocycles. The van der Waals surface area contributed by atoms with Gasteiger partial charge in [-0.15, -0.1) is 0 Å². The van der Waals surface area contributed by atoms with Crippen LogP contribution in [0.5, 0.6) is 0 Å². The predicted molar refractivity (Wildman–Crippen MR) is 99.0 cm³/mol. The maximum atomic E-state index is 13.7. The van der Waals surface area contributed by atoms with Gasteiger partial charge < -0.3 is 5.32 Å². The van der Waals surface area contributed by atoms with Crippen molar-refractivity contribution in [2.75, 3.05) is 5.32 Å². The van der Waals surface area contributed by atoms with Gasteiger partial charge in [0.2, 0.25) is 0 Å². The Morgan fingerprint density at radius 3 is 2.04 bits per heavy atom. The first-order chi connectivity index (χ1) is 13.1. The molecular formula is C21H17FN2O3. The summed E-state index contributed by atoms with van der Waals surface area (Å²) in [7, 11) is 0. The molecule has 3 aromatic rings. The third kappa shape index (κ3) is 4.19. The van der Waals surface area contributed by atoms with Gasteiger partial charge in [0, 0.05) is 5.69 Å². The Hall–Kier alpha value is -3.51. The first-order valence-corrected chi connectivity index (χ1v) is 8.25. The molecular weight excluding hydrogens is 347 g/mol. The molecule has 27 heavy (non-hydrogen) atoms. The van der Waals surface area contributed by atoms with E-state index in [2.05, 4.69) is 5.32 Å². The number of anilines is 1. The van der Waals surface area contributed by atoms with E-state index in [0.717, 1.165) is 0 Å². The SMILES string of the molecule is O=C(Nc1ccc(C(C(=O)NO)c2ccccc2)cc1)c1ccccc1F. The fourth-order valence-electron chi connectivity index (χ4n) is 2.81. The first kappa shape index (κ1) is 18.3. The average molecular weight is 364 g/mol. The summed E-state index contributed by atoms with van der Waals surface area (Å²) < 4.78 is 13.7. The van der Waals surface area contributed by atoms with Crippen LogP contribution in [-0.2, 0) is 4.79 Å². The molecule has 1 atom stereocenters. The van der Waals surface area contributed by atoms with Gasteiger partial charge >= 0.3 is 0 Å². The highest BCUT2D eigenvalue weighted by atomic mass is 19.1. The van der Waals surface area contributed by atoms with Crippen LogP contribution in [0.2, 0.25) is 0 Å². The summed E-state index contributed by atoms with van der Waals surface area (Å²) in [5.74, 6) is -2.43. The average Bonchev–Trinajstić information content (AvgIpc) is 2.70. The number of benzene rings is 3. The summed E-state index contributed by atoms with van der Waals surface area (Å²) >= 11 is 0. The zero-order valence-corrected chi connectivity index (χ0v) is 14.2. The first-order valence-electron chi connectivity index (χ1n) is 8.25. The van der Waals surface area contributed by atoms with Gasteiger partial charge in [-0.25, -0.2) is 9.87 Å². The third-order valence-electron chi connectivity index (χ3n) is 4.13. The van der Waals surface area contributed by atoms with Crippen molar-refractivity contribution in [1.82, 2.24) is 5.48 Å². The minimum Gasteiger partial charge on any atom is -0.322 e. The molecule has 1 unspecified atom stereocenters. The summed E-state index contributed by atoms with van der Waals surface area (Å²) in [5, 5.41) is 11.7. The Bertz CT molecular complexity index is 943. The summed E-state index contributed by atoms with van der Waals surface area (Å²) in [6, 6.07) is 21.3. The van der Waals surface area contributed by atoms with E-state index < -0.39 is 23.5 Å². The second kappa shape index (κ2) is 8.25. The lowest BCUT2D eigenvalue weighted by atomic mass is 9.90. The van der Waals surface area contributed by atoms with Crippen molar-refractivity contribution >= 4 is 17.5 Å². The van der Waals surface area contributed by atoms with E-state index in [1.54, 1.807) is 60.1 Å². The van der Waals surface area contributed by atoms with Crippen molar-refractivity contribution in [3.63, 3.8) is 0 Å². The molecule has 0 saturated heterocycles. The maximum Gasteiger partial charge on any atom is 0.258 e. The number of hydrogen-bond acceptors (Lipinski definition) is 3. The van der Waals surface area contributed by atoms with Crippen LogP contribution in [0.4, 0.5) is 10.1 Å². The molecule has 6 heteroatoms. The lowest BCUT2D eigenvalue weighted by Crippen LogP contribution is -2.27. The summed E-state index contributed by atoms with van der Waals surface area (Å²) in [5.41, 5.74) is 3.45. The van der Waals surface area contributed by atoms with Gasteiger partial charge in [0.25, 0.3) is 11.8 Å². The van der Waals surface area contributed by atoms with Gasteiger partial charge in [-0.2, -0.15) is 0 Å². The highest BCUT2D eigenvalue weighted by Gasteiger charge is 2.22. The summed E-state index contributed by atoms with van der Waals surface area (Å²) in [4.78, 5) is 24.3. The molecule has 3 rings (SSSR count). The number of halogens is 1. The standard InChI is InChI=1S/C21H17FN2O3/c22-18-9-5-4-8-17(18)20(25)23-16-12-10-15(11-13-16)19(21(26)24-27)14-6-2-1-3-7-14/h1-13,19,27H,(H,23,25)(H,24,26). The number of nitrogens with one attached hydrogen (secondary N) is 2. The van der Waals surface area contributed by atoms with E-state index in [4.69, 9.17) is 5.21 Å². The number of carbonyl (C=O) groups excluding carboxylic acids is 2. The van der Waals surface area contributed by atoms with E-state index in [1.807, 2.05) is 6.07 Å². The molecule has 5 nitrogen and oxygen atoms in total. The number of hydrogen-bond donors (Lipinski definition) is 3. The van der Waals surface area contributed by atoms with Crippen LogP contribution >= 0.6 is 0 Å². The maximum absolute atomic E-state index is 13.7. The van der Waals surface area contributed by atoms with E-state index in [-0.39, 0.29) is 5.56 Å². The van der Waals surface area contributed by atoms with Crippen LogP contribution in [0.3, 0.4) is 0 Å². The molecule has 0 heterocycles. The monoisotopic (exact) mass is 364 g/mol. The minimum absolute atomic E-state index is 0.0524. The Morgan fingerprint density at radius 1 is 0.815 bits per heavy atom. The Morgan fingerprint density at radius 2 is 1.41 bits per heavy atom. The predicted octanol–water partition coefficient (Wildman–Crippen LogP) is 3.72. The van der Waals surface area contributed by atoms with E-state index in [0.29, 0.717) is 16.8 Å². The molecule has 0 saturated carbocycles. The Balaban J connectivity index is 1.82. The normalized spacial score (nSPS) is 11.5. The number of carbonyl (C=O) groups is 2. The van der Waals surface area contributed by atoms with Crippen molar-refractivity contribution in [3.8, 4) is 0 Å². The Labute approximate surface area is 155 Å². The van der Waals surface area contributed by atoms with Crippen LogP contribution < -0.4 is 10.8 Å². The molecule has 0 spiro atoms.